The zero-order chi connectivity index (χ0) is 26.1. The van der Waals surface area contributed by atoms with E-state index in [0.717, 1.165) is 47.2 Å². The minimum absolute atomic E-state index is 0.0551. The van der Waals surface area contributed by atoms with E-state index in [0.29, 0.717) is 11.4 Å². The number of benzene rings is 2. The molecule has 7 nitrogen and oxygen atoms in total. The predicted molar refractivity (Wildman–Crippen MR) is 144 cm³/mol. The Hall–Kier alpha value is -4.26. The van der Waals surface area contributed by atoms with Crippen LogP contribution < -0.4 is 11.1 Å². The monoisotopic (exact) mass is 493 g/mol. The van der Waals surface area contributed by atoms with E-state index in [-0.39, 0.29) is 17.5 Å². The zero-order valence-corrected chi connectivity index (χ0v) is 21.4. The number of nitrogens with one attached hydrogen (secondary N) is 1. The molecule has 0 fully saturated rings. The van der Waals surface area contributed by atoms with E-state index >= 15 is 0 Å². The van der Waals surface area contributed by atoms with Crippen LogP contribution >= 0.6 is 0 Å². The van der Waals surface area contributed by atoms with Gasteiger partial charge in [-0.05, 0) is 79.6 Å². The summed E-state index contributed by atoms with van der Waals surface area (Å²) in [6, 6.07) is 19.8. The summed E-state index contributed by atoms with van der Waals surface area (Å²) in [5.41, 5.74) is 13.8. The van der Waals surface area contributed by atoms with Crippen molar-refractivity contribution in [3.8, 4) is 11.1 Å². The second-order valence-electron chi connectivity index (χ2n) is 9.77. The highest BCUT2D eigenvalue weighted by molar-refractivity contribution is 5.97. The molecule has 2 aromatic carbocycles. The molecular weight excluding hydrogens is 462 g/mol. The second-order valence-corrected chi connectivity index (χ2v) is 9.77. The molecule has 0 aliphatic heterocycles. The molecule has 2 amide bonds. The molecule has 2 aromatic heterocycles. The average Bonchev–Trinajstić information content (AvgIpc) is 3.26. The van der Waals surface area contributed by atoms with Crippen LogP contribution in [0.3, 0.4) is 0 Å². The number of carbonyl (C=O) groups is 2. The first-order valence-electron chi connectivity index (χ1n) is 12.6. The Balaban J connectivity index is 1.49. The van der Waals surface area contributed by atoms with Gasteiger partial charge in [0.2, 0.25) is 5.91 Å². The topological polar surface area (TPSA) is 103 Å². The maximum Gasteiger partial charge on any atom is 0.266 e. The van der Waals surface area contributed by atoms with Crippen molar-refractivity contribution in [2.75, 3.05) is 5.32 Å². The van der Waals surface area contributed by atoms with E-state index in [2.05, 4.69) is 34.5 Å². The number of pyridine rings is 1. The number of carbonyl (C=O) groups excluding carboxylic acids is 2. The first-order valence-corrected chi connectivity index (χ1v) is 12.6. The molecule has 0 saturated carbocycles. The van der Waals surface area contributed by atoms with Gasteiger partial charge in [0.15, 0.2) is 0 Å². The van der Waals surface area contributed by atoms with E-state index in [4.69, 9.17) is 5.73 Å². The van der Waals surface area contributed by atoms with Gasteiger partial charge in [-0.3, -0.25) is 19.3 Å². The summed E-state index contributed by atoms with van der Waals surface area (Å²) >= 11 is 0. The van der Waals surface area contributed by atoms with Crippen molar-refractivity contribution in [3.63, 3.8) is 0 Å². The molecule has 0 saturated heterocycles. The molecule has 1 aliphatic carbocycles. The molecule has 0 bridgehead atoms. The molecular formula is C30H31N5O2. The summed E-state index contributed by atoms with van der Waals surface area (Å²) in [6.45, 7) is 4.07. The highest BCUT2D eigenvalue weighted by atomic mass is 16.2. The van der Waals surface area contributed by atoms with Crippen LogP contribution in [0.15, 0.2) is 66.9 Å². The van der Waals surface area contributed by atoms with Crippen LogP contribution in [0, 0.1) is 13.8 Å². The summed E-state index contributed by atoms with van der Waals surface area (Å²) in [7, 11) is 1.68. The minimum atomic E-state index is -0.568. The summed E-state index contributed by atoms with van der Waals surface area (Å²) in [5, 5.41) is 7.68. The van der Waals surface area contributed by atoms with Crippen molar-refractivity contribution in [3.05, 3.63) is 101 Å². The summed E-state index contributed by atoms with van der Waals surface area (Å²) in [6.07, 6.45) is 4.65. The fourth-order valence-electron chi connectivity index (χ4n) is 5.60. The largest absolute Gasteiger partial charge is 0.364 e. The van der Waals surface area contributed by atoms with Crippen LogP contribution in [0.5, 0.6) is 0 Å². The van der Waals surface area contributed by atoms with Gasteiger partial charge < -0.3 is 11.1 Å². The highest BCUT2D eigenvalue weighted by Gasteiger charge is 2.36. The normalized spacial score (nSPS) is 15.6. The van der Waals surface area contributed by atoms with Crippen LogP contribution in [0.2, 0.25) is 0 Å². The average molecular weight is 494 g/mol. The molecule has 2 unspecified atom stereocenters. The van der Waals surface area contributed by atoms with E-state index in [9.17, 15) is 9.59 Å². The van der Waals surface area contributed by atoms with Crippen molar-refractivity contribution < 1.29 is 9.59 Å². The Morgan fingerprint density at radius 2 is 1.84 bits per heavy atom. The van der Waals surface area contributed by atoms with Gasteiger partial charge in [0.25, 0.3) is 5.91 Å². The predicted octanol–water partition coefficient (Wildman–Crippen LogP) is 5.04. The van der Waals surface area contributed by atoms with Crippen molar-refractivity contribution in [2.24, 2.45) is 12.8 Å². The van der Waals surface area contributed by atoms with Gasteiger partial charge in [-0.2, -0.15) is 5.10 Å². The van der Waals surface area contributed by atoms with Crippen LogP contribution in [0.25, 0.3) is 11.1 Å². The number of primary amides is 1. The SMILES string of the molecule is Cc1ccnc(C)c1-c1ccc(NC(=O)C(c2cc(C(N)=O)n(C)n2)C2CCCc3ccccc32)cc1. The zero-order valence-electron chi connectivity index (χ0n) is 21.4. The number of hydrogen-bond donors (Lipinski definition) is 2. The molecule has 2 atom stereocenters. The van der Waals surface area contributed by atoms with Crippen molar-refractivity contribution in [1.82, 2.24) is 14.8 Å². The van der Waals surface area contributed by atoms with Gasteiger partial charge in [-0.25, -0.2) is 0 Å². The van der Waals surface area contributed by atoms with Crippen molar-refractivity contribution >= 4 is 17.5 Å². The summed E-state index contributed by atoms with van der Waals surface area (Å²) in [4.78, 5) is 30.3. The molecule has 3 N–H and O–H groups in total. The number of nitrogens with two attached hydrogens (primary N) is 1. The third-order valence-corrected chi connectivity index (χ3v) is 7.36. The summed E-state index contributed by atoms with van der Waals surface area (Å²) in [5.74, 6) is -1.35. The number of nitrogens with zero attached hydrogens (tertiary/aromatic N) is 3. The van der Waals surface area contributed by atoms with Crippen molar-refractivity contribution in [1.29, 1.82) is 0 Å². The lowest BCUT2D eigenvalue weighted by atomic mass is 9.74. The number of rotatable bonds is 6. The highest BCUT2D eigenvalue weighted by Crippen LogP contribution is 2.42. The second kappa shape index (κ2) is 10.0. The Morgan fingerprint density at radius 3 is 2.54 bits per heavy atom. The molecule has 37 heavy (non-hydrogen) atoms. The third-order valence-electron chi connectivity index (χ3n) is 7.36. The van der Waals surface area contributed by atoms with Crippen LogP contribution in [0.1, 0.15) is 63.2 Å². The number of hydrogen-bond acceptors (Lipinski definition) is 4. The lowest BCUT2D eigenvalue weighted by Crippen LogP contribution is -2.29. The molecule has 7 heteroatoms. The van der Waals surface area contributed by atoms with Crippen LogP contribution in [0.4, 0.5) is 5.69 Å². The lowest BCUT2D eigenvalue weighted by Gasteiger charge is -2.31. The van der Waals surface area contributed by atoms with Crippen LogP contribution in [-0.2, 0) is 18.3 Å². The number of fused-ring (bicyclic) bond motifs is 1. The number of aromatic nitrogens is 3. The van der Waals surface area contributed by atoms with E-state index < -0.39 is 11.8 Å². The number of anilines is 1. The maximum atomic E-state index is 13.9. The fraction of sp³-hybridized carbons (Fsp3) is 0.267. The number of amides is 2. The Labute approximate surface area is 216 Å². The molecule has 188 valence electrons. The molecule has 4 aromatic rings. The van der Waals surface area contributed by atoms with Gasteiger partial charge in [-0.1, -0.05) is 36.4 Å². The van der Waals surface area contributed by atoms with Gasteiger partial charge >= 0.3 is 0 Å². The summed E-state index contributed by atoms with van der Waals surface area (Å²) < 4.78 is 1.46. The van der Waals surface area contributed by atoms with Crippen molar-refractivity contribution in [2.45, 2.75) is 44.9 Å². The third kappa shape index (κ3) is 4.77. The van der Waals surface area contributed by atoms with E-state index in [1.807, 2.05) is 55.6 Å². The van der Waals surface area contributed by atoms with Gasteiger partial charge in [0.05, 0.1) is 11.6 Å². The Bertz CT molecular complexity index is 1450. The maximum absolute atomic E-state index is 13.9. The van der Waals surface area contributed by atoms with Crippen LogP contribution in [-0.4, -0.2) is 26.6 Å². The lowest BCUT2D eigenvalue weighted by molar-refractivity contribution is -0.118. The van der Waals surface area contributed by atoms with E-state index in [1.54, 1.807) is 13.1 Å². The molecule has 5 rings (SSSR count). The smallest absolute Gasteiger partial charge is 0.266 e. The first-order chi connectivity index (χ1) is 17.8. The quantitative estimate of drug-likeness (QED) is 0.393. The van der Waals surface area contributed by atoms with Gasteiger partial charge in [-0.15, -0.1) is 0 Å². The number of aryl methyl sites for hydroxylation is 4. The first kappa shape index (κ1) is 24.4. The standard InChI is InChI=1S/C30H31N5O2/c1-18-15-16-32-19(2)27(18)21-11-13-22(14-12-21)33-30(37)28(25-17-26(29(31)36)35(3)34-25)24-10-6-8-20-7-4-5-9-23(20)24/h4-5,7,9,11-17,24,28H,6,8,10H2,1-3H3,(H2,31,36)(H,33,37). The minimum Gasteiger partial charge on any atom is -0.364 e. The van der Waals surface area contributed by atoms with E-state index in [1.165, 1.54) is 10.2 Å². The van der Waals surface area contributed by atoms with Gasteiger partial charge in [0.1, 0.15) is 5.69 Å². The molecule has 0 spiro atoms. The molecule has 2 heterocycles. The fourth-order valence-corrected chi connectivity index (χ4v) is 5.60. The molecule has 1 aliphatic rings. The molecule has 0 radical (unpaired) electrons. The van der Waals surface area contributed by atoms with Gasteiger partial charge in [0, 0.05) is 36.1 Å². The Kier molecular flexibility index (Phi) is 6.61. The Morgan fingerprint density at radius 1 is 1.08 bits per heavy atom.